The highest BCUT2D eigenvalue weighted by Crippen LogP contribution is 2.10. The maximum Gasteiger partial charge on any atom is 0.197 e. The number of fused-ring (bicyclic) bond motifs is 1. The topological polar surface area (TPSA) is 36.9 Å². The molecular weight excluding hydrogens is 184 g/mol. The molecule has 0 amide bonds. The van der Waals surface area contributed by atoms with Gasteiger partial charge >= 0.3 is 0 Å². The van der Waals surface area contributed by atoms with Crippen LogP contribution in [0.5, 0.6) is 0 Å². The first-order valence-electron chi connectivity index (χ1n) is 3.92. The zero-order chi connectivity index (χ0) is 9.42. The third kappa shape index (κ3) is 1.21. The first-order chi connectivity index (χ1) is 6.20. The van der Waals surface area contributed by atoms with Crippen LogP contribution in [0.1, 0.15) is 0 Å². The molecule has 13 heavy (non-hydrogen) atoms. The number of pyridine rings is 1. The number of imidazole rings is 1. The predicted octanol–water partition coefficient (Wildman–Crippen LogP) is 1.29. The molecule has 0 radical (unpaired) electrons. The number of rotatable bonds is 1. The van der Waals surface area contributed by atoms with Gasteiger partial charge < -0.3 is 9.99 Å². The monoisotopic (exact) mass is 194 g/mol. The van der Waals surface area contributed by atoms with Gasteiger partial charge in [-0.15, -0.1) is 0 Å². The van der Waals surface area contributed by atoms with E-state index in [1.54, 1.807) is 12.4 Å². The molecule has 0 aromatic carbocycles. The lowest BCUT2D eigenvalue weighted by atomic mass is 10.4. The number of H-pyrrole nitrogens is 1. The van der Waals surface area contributed by atoms with Crippen molar-refractivity contribution in [2.45, 2.75) is 0 Å². The highest BCUT2D eigenvalue weighted by molar-refractivity contribution is 7.71. The van der Waals surface area contributed by atoms with Crippen LogP contribution in [0, 0.1) is 4.77 Å². The molecule has 0 fully saturated rings. The molecule has 2 aromatic rings. The van der Waals surface area contributed by atoms with Crippen molar-refractivity contribution in [1.82, 2.24) is 14.6 Å². The molecule has 0 aliphatic carbocycles. The van der Waals surface area contributed by atoms with Gasteiger partial charge in [0.2, 0.25) is 0 Å². The zero-order valence-corrected chi connectivity index (χ0v) is 8.30. The standard InChI is InChI=1S/C8H10N4S/c1-11(2)12-7-3-4-9-5-6(7)10-8(12)13/h3-5H,1-2H3,(H,10,13). The minimum Gasteiger partial charge on any atom is -0.328 e. The number of hydrogen-bond acceptors (Lipinski definition) is 3. The Bertz CT molecular complexity index is 482. The van der Waals surface area contributed by atoms with Crippen molar-refractivity contribution in [2.24, 2.45) is 0 Å². The van der Waals surface area contributed by atoms with Crippen LogP contribution >= 0.6 is 12.2 Å². The Morgan fingerprint density at radius 3 is 3.00 bits per heavy atom. The van der Waals surface area contributed by atoms with E-state index in [2.05, 4.69) is 9.97 Å². The molecule has 2 rings (SSSR count). The first kappa shape index (κ1) is 8.25. The summed E-state index contributed by atoms with van der Waals surface area (Å²) in [6.07, 6.45) is 3.52. The van der Waals surface area contributed by atoms with E-state index in [-0.39, 0.29) is 0 Å². The lowest BCUT2D eigenvalue weighted by Gasteiger charge is -2.14. The molecule has 0 aliphatic rings. The van der Waals surface area contributed by atoms with Crippen LogP contribution in [0.3, 0.4) is 0 Å². The molecule has 1 N–H and O–H groups in total. The largest absolute Gasteiger partial charge is 0.328 e. The lowest BCUT2D eigenvalue weighted by molar-refractivity contribution is 0.742. The molecule has 2 heterocycles. The minimum absolute atomic E-state index is 0.688. The van der Waals surface area contributed by atoms with E-state index >= 15 is 0 Å². The lowest BCUT2D eigenvalue weighted by Crippen LogP contribution is -2.24. The second-order valence-electron chi connectivity index (χ2n) is 2.98. The minimum atomic E-state index is 0.688. The number of nitrogens with one attached hydrogen (secondary N) is 1. The van der Waals surface area contributed by atoms with E-state index < -0.39 is 0 Å². The van der Waals surface area contributed by atoms with Crippen LogP contribution in [0.25, 0.3) is 11.0 Å². The van der Waals surface area contributed by atoms with E-state index in [1.165, 1.54) is 0 Å². The van der Waals surface area contributed by atoms with Crippen molar-refractivity contribution in [3.05, 3.63) is 23.2 Å². The number of aromatic amines is 1. The third-order valence-electron chi connectivity index (χ3n) is 1.86. The SMILES string of the molecule is CN(C)n1c(=S)[nH]c2cnccc21. The molecule has 0 saturated carbocycles. The maximum atomic E-state index is 5.17. The molecule has 5 heteroatoms. The Balaban J connectivity index is 2.87. The number of hydrogen-bond donors (Lipinski definition) is 1. The van der Waals surface area contributed by atoms with Gasteiger partial charge in [0.15, 0.2) is 4.77 Å². The average Bonchev–Trinajstić information content (AvgIpc) is 2.39. The summed E-state index contributed by atoms with van der Waals surface area (Å²) in [7, 11) is 3.90. The van der Waals surface area contributed by atoms with Gasteiger partial charge in [-0.1, -0.05) is 0 Å². The Morgan fingerprint density at radius 2 is 2.31 bits per heavy atom. The molecule has 0 unspecified atom stereocenters. The zero-order valence-electron chi connectivity index (χ0n) is 7.48. The smallest absolute Gasteiger partial charge is 0.197 e. The van der Waals surface area contributed by atoms with Crippen molar-refractivity contribution in [3.63, 3.8) is 0 Å². The summed E-state index contributed by atoms with van der Waals surface area (Å²) in [6.45, 7) is 0. The summed E-state index contributed by atoms with van der Waals surface area (Å²) >= 11 is 5.17. The molecule has 0 saturated heterocycles. The first-order valence-corrected chi connectivity index (χ1v) is 4.33. The number of aromatic nitrogens is 3. The van der Waals surface area contributed by atoms with Crippen LogP contribution in [-0.2, 0) is 0 Å². The molecule has 0 atom stereocenters. The van der Waals surface area contributed by atoms with Gasteiger partial charge in [-0.25, -0.2) is 4.68 Å². The fourth-order valence-electron chi connectivity index (χ4n) is 1.34. The van der Waals surface area contributed by atoms with Gasteiger partial charge in [-0.05, 0) is 18.3 Å². The summed E-state index contributed by atoms with van der Waals surface area (Å²) in [4.78, 5) is 7.10. The molecule has 0 bridgehead atoms. The van der Waals surface area contributed by atoms with Crippen LogP contribution in [-0.4, -0.2) is 28.7 Å². The summed E-state index contributed by atoms with van der Waals surface area (Å²) in [5, 5.41) is 1.93. The predicted molar refractivity (Wildman–Crippen MR) is 55.0 cm³/mol. The molecule has 0 aliphatic heterocycles. The van der Waals surface area contributed by atoms with Crippen molar-refractivity contribution in [2.75, 3.05) is 19.1 Å². The van der Waals surface area contributed by atoms with Crippen LogP contribution < -0.4 is 5.01 Å². The quantitative estimate of drug-likeness (QED) is 0.695. The van der Waals surface area contributed by atoms with E-state index in [0.717, 1.165) is 11.0 Å². The average molecular weight is 194 g/mol. The summed E-state index contributed by atoms with van der Waals surface area (Å²) in [5.74, 6) is 0. The van der Waals surface area contributed by atoms with Gasteiger partial charge in [0.05, 0.1) is 17.2 Å². The van der Waals surface area contributed by atoms with E-state index in [9.17, 15) is 0 Å². The van der Waals surface area contributed by atoms with Crippen LogP contribution in [0.4, 0.5) is 0 Å². The van der Waals surface area contributed by atoms with Crippen molar-refractivity contribution >= 4 is 23.3 Å². The second kappa shape index (κ2) is 2.85. The fraction of sp³-hybridized carbons (Fsp3) is 0.250. The van der Waals surface area contributed by atoms with Crippen LogP contribution in [0.2, 0.25) is 0 Å². The molecular formula is C8H10N4S. The maximum absolute atomic E-state index is 5.17. The Morgan fingerprint density at radius 1 is 1.54 bits per heavy atom. The third-order valence-corrected chi connectivity index (χ3v) is 2.14. The van der Waals surface area contributed by atoms with E-state index in [0.29, 0.717) is 4.77 Å². The summed E-state index contributed by atoms with van der Waals surface area (Å²) < 4.78 is 2.61. The fourth-order valence-corrected chi connectivity index (χ4v) is 1.71. The summed E-state index contributed by atoms with van der Waals surface area (Å²) in [6, 6.07) is 1.93. The second-order valence-corrected chi connectivity index (χ2v) is 3.37. The van der Waals surface area contributed by atoms with Gasteiger partial charge in [0, 0.05) is 20.3 Å². The van der Waals surface area contributed by atoms with Gasteiger partial charge in [-0.3, -0.25) is 4.98 Å². The number of nitrogens with zero attached hydrogens (tertiary/aromatic N) is 3. The van der Waals surface area contributed by atoms with Gasteiger partial charge in [0.1, 0.15) is 0 Å². The van der Waals surface area contributed by atoms with E-state index in [4.69, 9.17) is 12.2 Å². The highest BCUT2D eigenvalue weighted by Gasteiger charge is 2.03. The van der Waals surface area contributed by atoms with Crippen molar-refractivity contribution in [3.8, 4) is 0 Å². The van der Waals surface area contributed by atoms with Crippen LogP contribution in [0.15, 0.2) is 18.5 Å². The summed E-state index contributed by atoms with van der Waals surface area (Å²) in [5.41, 5.74) is 2.01. The van der Waals surface area contributed by atoms with Gasteiger partial charge in [-0.2, -0.15) is 0 Å². The molecule has 4 nitrogen and oxygen atoms in total. The van der Waals surface area contributed by atoms with Crippen molar-refractivity contribution < 1.29 is 0 Å². The van der Waals surface area contributed by atoms with Crippen molar-refractivity contribution in [1.29, 1.82) is 0 Å². The highest BCUT2D eigenvalue weighted by atomic mass is 32.1. The Kier molecular flexibility index (Phi) is 1.81. The molecule has 68 valence electrons. The van der Waals surface area contributed by atoms with E-state index in [1.807, 2.05) is 29.8 Å². The molecule has 0 spiro atoms. The normalized spacial score (nSPS) is 10.6. The Hall–Kier alpha value is -1.36. The molecule has 2 aromatic heterocycles. The van der Waals surface area contributed by atoms with Gasteiger partial charge in [0.25, 0.3) is 0 Å². The Labute approximate surface area is 80.8 Å².